The first kappa shape index (κ1) is 19.8. The number of hydrogen-bond acceptors (Lipinski definition) is 5. The lowest BCUT2D eigenvalue weighted by molar-refractivity contribution is -0.118. The van der Waals surface area contributed by atoms with E-state index in [1.54, 1.807) is 12.4 Å². The lowest BCUT2D eigenvalue weighted by Crippen LogP contribution is -2.24. The van der Waals surface area contributed by atoms with Crippen LogP contribution in [0.15, 0.2) is 84.3 Å². The number of para-hydroxylation sites is 1. The number of amides is 1. The molecule has 1 amide bonds. The summed E-state index contributed by atoms with van der Waals surface area (Å²) in [6, 6.07) is 21.8. The first-order chi connectivity index (χ1) is 14.7. The van der Waals surface area contributed by atoms with Gasteiger partial charge in [0.05, 0.1) is 5.75 Å². The molecule has 2 aromatic carbocycles. The van der Waals surface area contributed by atoms with Crippen molar-refractivity contribution in [2.75, 3.05) is 5.75 Å². The van der Waals surface area contributed by atoms with E-state index in [4.69, 9.17) is 0 Å². The van der Waals surface area contributed by atoms with Crippen LogP contribution in [0.25, 0.3) is 17.1 Å². The summed E-state index contributed by atoms with van der Waals surface area (Å²) < 4.78 is 1.97. The molecule has 2 heterocycles. The second-order valence-corrected chi connectivity index (χ2v) is 7.71. The van der Waals surface area contributed by atoms with E-state index in [2.05, 4.69) is 20.5 Å². The molecule has 0 aliphatic carbocycles. The summed E-state index contributed by atoms with van der Waals surface area (Å²) in [5, 5.41) is 12.3. The number of nitrogens with one attached hydrogen (secondary N) is 1. The number of rotatable bonds is 7. The predicted molar refractivity (Wildman–Crippen MR) is 118 cm³/mol. The molecule has 0 aliphatic rings. The van der Waals surface area contributed by atoms with Crippen molar-refractivity contribution in [3.63, 3.8) is 0 Å². The Morgan fingerprint density at radius 1 is 0.967 bits per heavy atom. The number of nitrogens with zero attached hydrogens (tertiary/aromatic N) is 4. The molecule has 0 unspecified atom stereocenters. The maximum absolute atomic E-state index is 12.4. The topological polar surface area (TPSA) is 72.7 Å². The summed E-state index contributed by atoms with van der Waals surface area (Å²) in [6.45, 7) is 2.55. The standard InChI is InChI=1S/C23H21N5OS/c1-17-7-9-18(10-8-17)15-25-21(29)16-30-23-27-26-22(19-11-13-24-14-12-19)28(23)20-5-3-2-4-6-20/h2-14H,15-16H2,1H3,(H,25,29). The molecule has 0 saturated heterocycles. The van der Waals surface area contributed by atoms with Crippen molar-refractivity contribution >= 4 is 17.7 Å². The number of aromatic nitrogens is 4. The number of carbonyl (C=O) groups excluding carboxylic acids is 1. The van der Waals surface area contributed by atoms with Crippen molar-refractivity contribution in [1.82, 2.24) is 25.1 Å². The Hall–Kier alpha value is -3.45. The maximum Gasteiger partial charge on any atom is 0.230 e. The van der Waals surface area contributed by atoms with E-state index >= 15 is 0 Å². The van der Waals surface area contributed by atoms with Gasteiger partial charge >= 0.3 is 0 Å². The van der Waals surface area contributed by atoms with Gasteiger partial charge in [-0.05, 0) is 36.8 Å². The zero-order valence-electron chi connectivity index (χ0n) is 16.5. The Morgan fingerprint density at radius 3 is 2.43 bits per heavy atom. The molecular formula is C23H21N5OS. The fourth-order valence-electron chi connectivity index (χ4n) is 2.95. The molecule has 0 atom stereocenters. The van der Waals surface area contributed by atoms with Gasteiger partial charge in [-0.2, -0.15) is 0 Å². The van der Waals surface area contributed by atoms with Crippen LogP contribution in [0.4, 0.5) is 0 Å². The molecule has 0 radical (unpaired) electrons. The zero-order chi connectivity index (χ0) is 20.8. The summed E-state index contributed by atoms with van der Waals surface area (Å²) in [5.74, 6) is 0.924. The summed E-state index contributed by atoms with van der Waals surface area (Å²) in [7, 11) is 0. The molecule has 2 aromatic heterocycles. The van der Waals surface area contributed by atoms with E-state index in [0.717, 1.165) is 16.8 Å². The molecule has 0 saturated carbocycles. The first-order valence-electron chi connectivity index (χ1n) is 9.57. The van der Waals surface area contributed by atoms with Crippen molar-refractivity contribution in [2.45, 2.75) is 18.6 Å². The quantitative estimate of drug-likeness (QED) is 0.461. The van der Waals surface area contributed by atoms with Crippen molar-refractivity contribution < 1.29 is 4.79 Å². The Kier molecular flexibility index (Phi) is 6.20. The predicted octanol–water partition coefficient (Wildman–Crippen LogP) is 4.05. The van der Waals surface area contributed by atoms with Gasteiger partial charge in [-0.3, -0.25) is 14.3 Å². The average molecular weight is 416 g/mol. The molecule has 150 valence electrons. The molecule has 4 rings (SSSR count). The van der Waals surface area contributed by atoms with Gasteiger partial charge in [-0.25, -0.2) is 0 Å². The monoisotopic (exact) mass is 415 g/mol. The Balaban J connectivity index is 1.49. The van der Waals surface area contributed by atoms with Crippen LogP contribution in [0.3, 0.4) is 0 Å². The number of benzene rings is 2. The first-order valence-corrected chi connectivity index (χ1v) is 10.6. The molecule has 6 nitrogen and oxygen atoms in total. The summed E-state index contributed by atoms with van der Waals surface area (Å²) in [4.78, 5) is 16.5. The molecule has 0 spiro atoms. The molecule has 0 bridgehead atoms. The highest BCUT2D eigenvalue weighted by atomic mass is 32.2. The number of pyridine rings is 1. The highest BCUT2D eigenvalue weighted by Crippen LogP contribution is 2.27. The van der Waals surface area contributed by atoms with E-state index in [1.165, 1.54) is 17.3 Å². The second kappa shape index (κ2) is 9.37. The van der Waals surface area contributed by atoms with E-state index in [1.807, 2.05) is 78.2 Å². The number of hydrogen-bond donors (Lipinski definition) is 1. The third-order valence-electron chi connectivity index (χ3n) is 4.53. The van der Waals surface area contributed by atoms with Gasteiger partial charge in [0.25, 0.3) is 0 Å². The van der Waals surface area contributed by atoms with E-state index < -0.39 is 0 Å². The molecule has 30 heavy (non-hydrogen) atoms. The summed E-state index contributed by atoms with van der Waals surface area (Å²) in [5.41, 5.74) is 4.13. The largest absolute Gasteiger partial charge is 0.351 e. The number of aryl methyl sites for hydroxylation is 1. The van der Waals surface area contributed by atoms with Gasteiger partial charge in [0.15, 0.2) is 11.0 Å². The lowest BCUT2D eigenvalue weighted by Gasteiger charge is -2.10. The Labute approximate surface area is 179 Å². The average Bonchev–Trinajstić information content (AvgIpc) is 3.22. The number of carbonyl (C=O) groups is 1. The lowest BCUT2D eigenvalue weighted by atomic mass is 10.1. The van der Waals surface area contributed by atoms with Gasteiger partial charge in [0.2, 0.25) is 5.91 Å². The van der Waals surface area contributed by atoms with Crippen molar-refractivity contribution in [3.8, 4) is 17.1 Å². The van der Waals surface area contributed by atoms with Crippen LogP contribution in [0.2, 0.25) is 0 Å². The minimum atomic E-state index is -0.0475. The van der Waals surface area contributed by atoms with E-state index in [9.17, 15) is 4.79 Å². The number of thioether (sulfide) groups is 1. The van der Waals surface area contributed by atoms with Crippen LogP contribution in [-0.2, 0) is 11.3 Å². The highest BCUT2D eigenvalue weighted by Gasteiger charge is 2.17. The molecule has 7 heteroatoms. The smallest absolute Gasteiger partial charge is 0.230 e. The van der Waals surface area contributed by atoms with Gasteiger partial charge in [-0.15, -0.1) is 10.2 Å². The van der Waals surface area contributed by atoms with Gasteiger partial charge in [-0.1, -0.05) is 59.8 Å². The normalized spacial score (nSPS) is 10.7. The van der Waals surface area contributed by atoms with Crippen molar-refractivity contribution in [3.05, 3.63) is 90.3 Å². The minimum absolute atomic E-state index is 0.0475. The summed E-state index contributed by atoms with van der Waals surface area (Å²) >= 11 is 1.36. The highest BCUT2D eigenvalue weighted by molar-refractivity contribution is 7.99. The van der Waals surface area contributed by atoms with Gasteiger partial charge in [0, 0.05) is 30.2 Å². The Morgan fingerprint density at radius 2 is 1.70 bits per heavy atom. The van der Waals surface area contributed by atoms with Crippen LogP contribution < -0.4 is 5.32 Å². The van der Waals surface area contributed by atoms with Crippen LogP contribution >= 0.6 is 11.8 Å². The second-order valence-electron chi connectivity index (χ2n) is 6.76. The van der Waals surface area contributed by atoms with E-state index in [-0.39, 0.29) is 11.7 Å². The third-order valence-corrected chi connectivity index (χ3v) is 5.46. The van der Waals surface area contributed by atoms with Crippen LogP contribution in [-0.4, -0.2) is 31.4 Å². The van der Waals surface area contributed by atoms with Crippen LogP contribution in [0, 0.1) is 6.92 Å². The van der Waals surface area contributed by atoms with Crippen LogP contribution in [0.5, 0.6) is 0 Å². The van der Waals surface area contributed by atoms with Gasteiger partial charge < -0.3 is 5.32 Å². The molecule has 0 fully saturated rings. The fourth-order valence-corrected chi connectivity index (χ4v) is 3.73. The molecular weight excluding hydrogens is 394 g/mol. The van der Waals surface area contributed by atoms with Gasteiger partial charge in [0.1, 0.15) is 0 Å². The van der Waals surface area contributed by atoms with E-state index in [0.29, 0.717) is 17.5 Å². The molecule has 1 N–H and O–H groups in total. The molecule has 4 aromatic rings. The fraction of sp³-hybridized carbons (Fsp3) is 0.130. The Bertz CT molecular complexity index is 1110. The van der Waals surface area contributed by atoms with Crippen molar-refractivity contribution in [1.29, 1.82) is 0 Å². The zero-order valence-corrected chi connectivity index (χ0v) is 17.3. The maximum atomic E-state index is 12.4. The summed E-state index contributed by atoms with van der Waals surface area (Å²) in [6.07, 6.45) is 3.45. The van der Waals surface area contributed by atoms with Crippen molar-refractivity contribution in [2.24, 2.45) is 0 Å². The molecule has 0 aliphatic heterocycles. The van der Waals surface area contributed by atoms with Crippen LogP contribution in [0.1, 0.15) is 11.1 Å². The SMILES string of the molecule is Cc1ccc(CNC(=O)CSc2nnc(-c3ccncc3)n2-c2ccccc2)cc1. The third kappa shape index (κ3) is 4.75. The minimum Gasteiger partial charge on any atom is -0.351 e.